The fraction of sp³-hybridized carbons (Fsp3) is 0.300. The summed E-state index contributed by atoms with van der Waals surface area (Å²) in [7, 11) is 4.24. The Morgan fingerprint density at radius 2 is 2.02 bits per heavy atom. The molecule has 0 radical (unpaired) electrons. The summed E-state index contributed by atoms with van der Waals surface area (Å²) in [5.41, 5.74) is 3.53. The molecule has 2 aliphatic rings. The Bertz CT molecular complexity index is 1570. The van der Waals surface area contributed by atoms with Crippen molar-refractivity contribution in [2.45, 2.75) is 18.9 Å². The van der Waals surface area contributed by atoms with Crippen molar-refractivity contribution in [2.75, 3.05) is 47.9 Å². The summed E-state index contributed by atoms with van der Waals surface area (Å²) in [5, 5.41) is 5.05. The average Bonchev–Trinajstić information content (AvgIpc) is 3.68. The maximum atomic E-state index is 13.5. The maximum absolute atomic E-state index is 13.5. The first-order valence-corrected chi connectivity index (χ1v) is 21.4. The Morgan fingerprint density at radius 1 is 1.22 bits per heavy atom. The summed E-state index contributed by atoms with van der Waals surface area (Å²) in [6.45, 7) is 2.14. The minimum atomic E-state index is -1.05. The van der Waals surface area contributed by atoms with E-state index in [4.69, 9.17) is 23.0 Å². The Balaban J connectivity index is 1.11. The first kappa shape index (κ1) is 28.5. The molecule has 1 atom stereocenters. The summed E-state index contributed by atoms with van der Waals surface area (Å²) in [4.78, 5) is 29.9. The van der Waals surface area contributed by atoms with Crippen LogP contribution < -0.4 is 14.6 Å². The number of aromatic amines is 1. The van der Waals surface area contributed by atoms with Gasteiger partial charge in [0.2, 0.25) is 0 Å². The van der Waals surface area contributed by atoms with E-state index in [2.05, 4.69) is 76.5 Å². The van der Waals surface area contributed by atoms with E-state index in [0.29, 0.717) is 29.8 Å². The van der Waals surface area contributed by atoms with E-state index < -0.39 is 12.3 Å². The molecule has 11 heteroatoms. The van der Waals surface area contributed by atoms with Gasteiger partial charge >= 0.3 is 167 Å². The summed E-state index contributed by atoms with van der Waals surface area (Å²) in [6, 6.07) is 16.7. The van der Waals surface area contributed by atoms with Crippen molar-refractivity contribution in [2.24, 2.45) is 0 Å². The molecule has 2 aromatic heterocycles. The number of nitrogens with zero attached hydrogens (tertiary/aromatic N) is 4. The molecule has 2 fully saturated rings. The molecule has 0 aliphatic carbocycles. The van der Waals surface area contributed by atoms with Crippen LogP contribution in [0.1, 0.15) is 12.8 Å². The van der Waals surface area contributed by atoms with E-state index in [1.54, 1.807) is 11.1 Å². The Labute approximate surface area is 256 Å². The molecule has 2 aliphatic heterocycles. The van der Waals surface area contributed by atoms with Crippen molar-refractivity contribution in [3.8, 4) is 23.6 Å². The monoisotopic (exact) mass is 664 g/mol. The average molecular weight is 665 g/mol. The summed E-state index contributed by atoms with van der Waals surface area (Å²) >= 11 is 5.48. The van der Waals surface area contributed by atoms with Gasteiger partial charge < -0.3 is 4.98 Å². The number of likely N-dealkylation sites (tertiary alicyclic amines) is 1. The van der Waals surface area contributed by atoms with Gasteiger partial charge in [-0.3, -0.25) is 0 Å². The van der Waals surface area contributed by atoms with Crippen LogP contribution in [-0.2, 0) is 4.79 Å². The van der Waals surface area contributed by atoms with Crippen molar-refractivity contribution < 1.29 is 4.79 Å². The molecule has 2 saturated heterocycles. The van der Waals surface area contributed by atoms with Gasteiger partial charge in [-0.2, -0.15) is 0 Å². The van der Waals surface area contributed by atoms with Crippen LogP contribution in [0.4, 0.5) is 11.6 Å². The number of nitrogens with one attached hydrogen (secondary N) is 2. The third kappa shape index (κ3) is 6.58. The van der Waals surface area contributed by atoms with Crippen LogP contribution in [0, 0.1) is 12.3 Å². The van der Waals surface area contributed by atoms with Gasteiger partial charge in [-0.15, -0.1) is 0 Å². The predicted molar refractivity (Wildman–Crippen MR) is 175 cm³/mol. The van der Waals surface area contributed by atoms with Crippen molar-refractivity contribution in [1.82, 2.24) is 19.9 Å². The second-order valence-electron chi connectivity index (χ2n) is 9.98. The van der Waals surface area contributed by atoms with Crippen LogP contribution in [0.3, 0.4) is 0 Å². The summed E-state index contributed by atoms with van der Waals surface area (Å²) < 4.78 is 1.43. The van der Waals surface area contributed by atoms with Gasteiger partial charge in [0, 0.05) is 22.7 Å². The third-order valence-electron chi connectivity index (χ3n) is 7.21. The Hall–Kier alpha value is -2.60. The van der Waals surface area contributed by atoms with Crippen LogP contribution in [0.15, 0.2) is 60.9 Å². The SMILES string of the molecule is C#CCN(C(=O)CN1CCC[C@@H](Nc2ncc(Cl)c(-c3c[nH]c4ccccc34)n2)C1)c1ccc([As]2SCCS2)cc1. The van der Waals surface area contributed by atoms with E-state index in [-0.39, 0.29) is 18.5 Å². The molecule has 41 heavy (non-hydrogen) atoms. The van der Waals surface area contributed by atoms with Crippen LogP contribution in [0.25, 0.3) is 22.2 Å². The predicted octanol–water partition coefficient (Wildman–Crippen LogP) is 5.00. The Kier molecular flexibility index (Phi) is 9.14. The molecule has 210 valence electrons. The second kappa shape index (κ2) is 13.1. The fourth-order valence-electron chi connectivity index (χ4n) is 5.26. The molecular weight excluding hydrogens is 635 g/mol. The standard InChI is InChI=1S/C30H30AsClN6OS2/c1-2-13-38(23-11-9-21(10-12-23)31-40-15-16-41-31)28(39)20-37-14-5-6-22(19-37)35-30-34-18-26(32)29(36-30)25-17-33-27-8-4-3-7-24(25)27/h1,3-4,7-12,17-18,22,33H,5-6,13-16,19-20H2,(H,34,35,36)/t22-/m1/s1. The summed E-state index contributed by atoms with van der Waals surface area (Å²) in [6.07, 6.45) is 11.2. The number of rotatable bonds is 8. The molecule has 2 N–H and O–H groups in total. The van der Waals surface area contributed by atoms with Gasteiger partial charge in [0.1, 0.15) is 0 Å². The van der Waals surface area contributed by atoms with Gasteiger partial charge in [0.05, 0.1) is 16.9 Å². The van der Waals surface area contributed by atoms with Gasteiger partial charge in [-0.1, -0.05) is 29.8 Å². The van der Waals surface area contributed by atoms with E-state index in [0.717, 1.165) is 41.5 Å². The molecule has 4 heterocycles. The molecule has 6 rings (SSSR count). The van der Waals surface area contributed by atoms with Crippen molar-refractivity contribution in [3.63, 3.8) is 0 Å². The number of hydrogen-bond acceptors (Lipinski definition) is 7. The van der Waals surface area contributed by atoms with Gasteiger partial charge in [0.15, 0.2) is 0 Å². The molecule has 0 bridgehead atoms. The molecule has 0 spiro atoms. The van der Waals surface area contributed by atoms with E-state index >= 15 is 0 Å². The molecule has 7 nitrogen and oxygen atoms in total. The first-order valence-electron chi connectivity index (χ1n) is 13.6. The van der Waals surface area contributed by atoms with Crippen molar-refractivity contribution >= 4 is 76.8 Å². The van der Waals surface area contributed by atoms with Crippen molar-refractivity contribution in [3.05, 3.63) is 65.9 Å². The zero-order chi connectivity index (χ0) is 28.2. The van der Waals surface area contributed by atoms with E-state index in [9.17, 15) is 4.79 Å². The number of aromatic nitrogens is 3. The molecule has 1 amide bonds. The molecule has 4 aromatic rings. The topological polar surface area (TPSA) is 77.2 Å². The number of anilines is 2. The number of halogens is 1. The fourth-order valence-corrected chi connectivity index (χ4v) is 19.6. The van der Waals surface area contributed by atoms with Crippen LogP contribution in [0.2, 0.25) is 5.02 Å². The number of terminal acetylenes is 1. The van der Waals surface area contributed by atoms with E-state index in [1.807, 2.05) is 24.4 Å². The number of amides is 1. The zero-order valence-electron chi connectivity index (χ0n) is 22.4. The number of piperidine rings is 1. The van der Waals surface area contributed by atoms with Gasteiger partial charge in [-0.05, 0) is 6.07 Å². The normalized spacial score (nSPS) is 17.9. The van der Waals surface area contributed by atoms with Crippen molar-refractivity contribution in [1.29, 1.82) is 0 Å². The molecular formula is C30H30AsClN6OS2. The van der Waals surface area contributed by atoms with Crippen LogP contribution in [0.5, 0.6) is 0 Å². The molecule has 0 unspecified atom stereocenters. The number of hydrogen-bond donors (Lipinski definition) is 2. The number of carbonyl (C=O) groups excluding carboxylic acids is 1. The number of para-hydroxylation sites is 1. The minimum absolute atomic E-state index is 0.0168. The first-order chi connectivity index (χ1) is 20.1. The third-order valence-corrected chi connectivity index (χ3v) is 21.2. The number of fused-ring (bicyclic) bond motifs is 1. The number of H-pyrrole nitrogens is 1. The van der Waals surface area contributed by atoms with Gasteiger partial charge in [0.25, 0.3) is 0 Å². The quantitative estimate of drug-likeness (QED) is 0.203. The van der Waals surface area contributed by atoms with E-state index in [1.165, 1.54) is 15.9 Å². The van der Waals surface area contributed by atoms with Crippen LogP contribution in [-0.4, -0.2) is 81.8 Å². The van der Waals surface area contributed by atoms with Crippen LogP contribution >= 0.6 is 31.6 Å². The second-order valence-corrected chi connectivity index (χ2v) is 22.1. The number of benzene rings is 2. The molecule has 0 saturated carbocycles. The summed E-state index contributed by atoms with van der Waals surface area (Å²) in [5.74, 6) is 5.71. The van der Waals surface area contributed by atoms with Gasteiger partial charge in [-0.25, -0.2) is 9.97 Å². The zero-order valence-corrected chi connectivity index (χ0v) is 26.7. The Morgan fingerprint density at radius 3 is 2.83 bits per heavy atom. The molecule has 2 aromatic carbocycles. The number of carbonyl (C=O) groups is 1.